The molecule has 8 heteroatoms. The van der Waals surface area contributed by atoms with Gasteiger partial charge in [-0.05, 0) is 84.5 Å². The SMILES string of the molecule is CC(=O)C(C)(C)c1cccc(-c2ccc(CN(Cc3ccc(C(F)(F)F)o3)C(=O)c3c(C)ccc4ccccc34)c(C#N)c2)c1. The summed E-state index contributed by atoms with van der Waals surface area (Å²) in [4.78, 5) is 27.9. The van der Waals surface area contributed by atoms with E-state index in [1.165, 1.54) is 11.0 Å². The average molecular weight is 609 g/mol. The Morgan fingerprint density at radius 3 is 2.29 bits per heavy atom. The Hall–Kier alpha value is -5.16. The van der Waals surface area contributed by atoms with Crippen molar-refractivity contribution >= 4 is 22.5 Å². The van der Waals surface area contributed by atoms with E-state index in [0.717, 1.165) is 28.1 Å². The zero-order chi connectivity index (χ0) is 32.5. The molecule has 0 atom stereocenters. The molecule has 0 saturated heterocycles. The second-order valence-corrected chi connectivity index (χ2v) is 11.6. The zero-order valence-electron chi connectivity index (χ0n) is 25.3. The number of hydrogen-bond donors (Lipinski definition) is 0. The van der Waals surface area contributed by atoms with Crippen molar-refractivity contribution in [1.82, 2.24) is 4.90 Å². The van der Waals surface area contributed by atoms with Crippen LogP contribution in [-0.4, -0.2) is 16.6 Å². The maximum atomic E-state index is 14.2. The third-order valence-electron chi connectivity index (χ3n) is 8.32. The molecular weight excluding hydrogens is 577 g/mol. The highest BCUT2D eigenvalue weighted by Gasteiger charge is 2.35. The standard InChI is InChI=1S/C37H31F3N2O3/c1-23-12-13-25-8-5-6-11-32(25)34(23)35(44)42(22-31-16-17-33(45-31)37(38,39)40)21-28-15-14-27(18-29(28)20-41)26-9-7-10-30(19-26)36(3,4)24(2)43/h5-19H,21-22H2,1-4H3. The Kier molecular flexibility index (Phi) is 8.40. The van der Waals surface area contributed by atoms with E-state index in [4.69, 9.17) is 4.42 Å². The summed E-state index contributed by atoms with van der Waals surface area (Å²) in [5, 5.41) is 11.7. The number of benzene rings is 4. The third-order valence-corrected chi connectivity index (χ3v) is 8.32. The number of hydrogen-bond acceptors (Lipinski definition) is 4. The van der Waals surface area contributed by atoms with Gasteiger partial charge in [0.25, 0.3) is 5.91 Å². The van der Waals surface area contributed by atoms with Gasteiger partial charge in [-0.3, -0.25) is 9.59 Å². The van der Waals surface area contributed by atoms with Crippen LogP contribution < -0.4 is 0 Å². The largest absolute Gasteiger partial charge is 0.455 e. The second kappa shape index (κ2) is 12.1. The number of nitriles is 1. The van der Waals surface area contributed by atoms with Gasteiger partial charge in [-0.2, -0.15) is 18.4 Å². The highest BCUT2D eigenvalue weighted by molar-refractivity contribution is 6.08. The van der Waals surface area contributed by atoms with Crippen molar-refractivity contribution in [3.05, 3.63) is 130 Å². The molecule has 0 unspecified atom stereocenters. The lowest BCUT2D eigenvalue weighted by atomic mass is 9.80. The first-order valence-corrected chi connectivity index (χ1v) is 14.4. The van der Waals surface area contributed by atoms with Gasteiger partial charge in [0.1, 0.15) is 11.5 Å². The monoisotopic (exact) mass is 608 g/mol. The molecule has 5 rings (SSSR count). The van der Waals surface area contributed by atoms with E-state index in [0.29, 0.717) is 27.6 Å². The number of rotatable bonds is 8. The number of nitrogens with zero attached hydrogens (tertiary/aromatic N) is 2. The van der Waals surface area contributed by atoms with Gasteiger partial charge < -0.3 is 9.32 Å². The molecule has 1 aromatic heterocycles. The van der Waals surface area contributed by atoms with Crippen LogP contribution in [0.2, 0.25) is 0 Å². The van der Waals surface area contributed by atoms with Gasteiger partial charge in [0.15, 0.2) is 0 Å². The van der Waals surface area contributed by atoms with E-state index in [-0.39, 0.29) is 24.6 Å². The predicted octanol–water partition coefficient (Wildman–Crippen LogP) is 9.01. The van der Waals surface area contributed by atoms with E-state index >= 15 is 0 Å². The number of carbonyl (C=O) groups is 2. The summed E-state index contributed by atoms with van der Waals surface area (Å²) in [6, 6.07) is 28.3. The lowest BCUT2D eigenvalue weighted by molar-refractivity contribution is -0.153. The number of Topliss-reactive ketones (excluding diaryl/α,β-unsaturated/α-hetero) is 1. The van der Waals surface area contributed by atoms with Crippen LogP contribution in [0.25, 0.3) is 21.9 Å². The van der Waals surface area contributed by atoms with E-state index in [1.807, 2.05) is 87.5 Å². The van der Waals surface area contributed by atoms with Crippen LogP contribution in [0.4, 0.5) is 13.2 Å². The predicted molar refractivity (Wildman–Crippen MR) is 166 cm³/mol. The minimum atomic E-state index is -4.67. The topological polar surface area (TPSA) is 74.3 Å². The van der Waals surface area contributed by atoms with E-state index < -0.39 is 23.3 Å². The Labute approximate surface area is 259 Å². The number of aryl methyl sites for hydroxylation is 1. The number of alkyl halides is 3. The van der Waals surface area contributed by atoms with Crippen molar-refractivity contribution in [2.45, 2.75) is 52.4 Å². The molecule has 0 bridgehead atoms. The number of carbonyl (C=O) groups excluding carboxylic acids is 2. The Morgan fingerprint density at radius 2 is 1.60 bits per heavy atom. The fraction of sp³-hybridized carbons (Fsp3) is 0.216. The normalized spacial score (nSPS) is 11.8. The van der Waals surface area contributed by atoms with Gasteiger partial charge in [-0.1, -0.05) is 72.8 Å². The maximum Gasteiger partial charge on any atom is 0.449 e. The summed E-state index contributed by atoms with van der Waals surface area (Å²) in [5.41, 5.74) is 3.70. The van der Waals surface area contributed by atoms with Crippen LogP contribution in [0.15, 0.2) is 95.4 Å². The first-order valence-electron chi connectivity index (χ1n) is 14.4. The quantitative estimate of drug-likeness (QED) is 0.176. The van der Waals surface area contributed by atoms with Crippen LogP contribution in [0.5, 0.6) is 0 Å². The fourth-order valence-electron chi connectivity index (χ4n) is 5.32. The zero-order valence-corrected chi connectivity index (χ0v) is 25.3. The first kappa shape index (κ1) is 31.3. The number of furan rings is 1. The third kappa shape index (κ3) is 6.39. The van der Waals surface area contributed by atoms with E-state index in [9.17, 15) is 28.0 Å². The molecule has 1 heterocycles. The first-order chi connectivity index (χ1) is 21.3. The average Bonchev–Trinajstić information content (AvgIpc) is 3.50. The highest BCUT2D eigenvalue weighted by Crippen LogP contribution is 2.33. The van der Waals surface area contributed by atoms with Crippen molar-refractivity contribution < 1.29 is 27.2 Å². The molecule has 0 spiro atoms. The minimum absolute atomic E-state index is 0.0258. The Morgan fingerprint density at radius 1 is 0.867 bits per heavy atom. The lowest BCUT2D eigenvalue weighted by Gasteiger charge is -2.25. The smallest absolute Gasteiger partial charge is 0.449 e. The number of halogens is 3. The van der Waals surface area contributed by atoms with Crippen LogP contribution >= 0.6 is 0 Å². The van der Waals surface area contributed by atoms with Gasteiger partial charge in [-0.15, -0.1) is 0 Å². The van der Waals surface area contributed by atoms with Crippen molar-refractivity contribution in [3.8, 4) is 17.2 Å². The summed E-state index contributed by atoms with van der Waals surface area (Å²) in [6.07, 6.45) is -4.67. The van der Waals surface area contributed by atoms with Crippen molar-refractivity contribution in [3.63, 3.8) is 0 Å². The van der Waals surface area contributed by atoms with Gasteiger partial charge in [0.2, 0.25) is 5.76 Å². The molecular formula is C37H31F3N2O3. The van der Waals surface area contributed by atoms with Crippen LogP contribution in [0.1, 0.15) is 64.9 Å². The van der Waals surface area contributed by atoms with Crippen molar-refractivity contribution in [1.29, 1.82) is 5.26 Å². The maximum absolute atomic E-state index is 14.2. The number of ketones is 1. The van der Waals surface area contributed by atoms with Crippen molar-refractivity contribution in [2.24, 2.45) is 0 Å². The molecule has 0 radical (unpaired) electrons. The molecule has 0 saturated carbocycles. The molecule has 1 amide bonds. The molecule has 4 aromatic carbocycles. The Bertz CT molecular complexity index is 1960. The number of fused-ring (bicyclic) bond motifs is 1. The van der Waals surface area contributed by atoms with Crippen molar-refractivity contribution in [2.75, 3.05) is 0 Å². The lowest BCUT2D eigenvalue weighted by Crippen LogP contribution is -2.31. The molecule has 0 aliphatic carbocycles. The molecule has 0 N–H and O–H groups in total. The highest BCUT2D eigenvalue weighted by atomic mass is 19.4. The van der Waals surface area contributed by atoms with Crippen LogP contribution in [-0.2, 0) is 29.5 Å². The summed E-state index contributed by atoms with van der Waals surface area (Å²) in [7, 11) is 0. The molecule has 0 aliphatic heterocycles. The van der Waals surface area contributed by atoms with E-state index in [1.54, 1.807) is 19.1 Å². The van der Waals surface area contributed by atoms with Gasteiger partial charge in [0.05, 0.1) is 23.7 Å². The van der Waals surface area contributed by atoms with Gasteiger partial charge in [0, 0.05) is 12.0 Å². The van der Waals surface area contributed by atoms with E-state index in [2.05, 4.69) is 6.07 Å². The number of amides is 1. The summed E-state index contributed by atoms with van der Waals surface area (Å²) < 4.78 is 45.0. The molecule has 0 fully saturated rings. The molecule has 228 valence electrons. The van der Waals surface area contributed by atoms with Gasteiger partial charge >= 0.3 is 6.18 Å². The summed E-state index contributed by atoms with van der Waals surface area (Å²) in [6.45, 7) is 6.78. The summed E-state index contributed by atoms with van der Waals surface area (Å²) in [5.74, 6) is -1.56. The molecule has 5 aromatic rings. The molecule has 5 nitrogen and oxygen atoms in total. The van der Waals surface area contributed by atoms with Gasteiger partial charge in [-0.25, -0.2) is 0 Å². The summed E-state index contributed by atoms with van der Waals surface area (Å²) >= 11 is 0. The molecule has 0 aliphatic rings. The fourth-order valence-corrected chi connectivity index (χ4v) is 5.32. The minimum Gasteiger partial charge on any atom is -0.455 e. The Balaban J connectivity index is 1.55. The van der Waals surface area contributed by atoms with Crippen LogP contribution in [0.3, 0.4) is 0 Å². The molecule has 45 heavy (non-hydrogen) atoms. The van der Waals surface area contributed by atoms with Crippen LogP contribution in [0, 0.1) is 18.3 Å². The second-order valence-electron chi connectivity index (χ2n) is 11.6.